The highest BCUT2D eigenvalue weighted by molar-refractivity contribution is 6.61. The number of nitrogens with one attached hydrogen (secondary N) is 1. The molecule has 2 heterocycles. The zero-order valence-corrected chi connectivity index (χ0v) is 11.1. The van der Waals surface area contributed by atoms with Crippen molar-refractivity contribution in [1.82, 2.24) is 4.98 Å². The Kier molecular flexibility index (Phi) is 3.44. The van der Waals surface area contributed by atoms with Gasteiger partial charge < -0.3 is 15.0 Å². The maximum absolute atomic E-state index is 12.0. The Morgan fingerprint density at radius 1 is 1.40 bits per heavy atom. The van der Waals surface area contributed by atoms with Crippen LogP contribution in [0.15, 0.2) is 36.5 Å². The van der Waals surface area contributed by atoms with E-state index in [1.165, 1.54) is 12.3 Å². The van der Waals surface area contributed by atoms with Gasteiger partial charge in [-0.05, 0) is 35.3 Å². The monoisotopic (exact) mass is 288 g/mol. The van der Waals surface area contributed by atoms with Crippen molar-refractivity contribution in [2.75, 3.05) is 5.32 Å². The van der Waals surface area contributed by atoms with Crippen molar-refractivity contribution >= 4 is 35.8 Å². The SMILES string of the molecule is O=C(Nc1ccc2c(c1)B(O)OC2)c1cc(Cl)ccn1. The van der Waals surface area contributed by atoms with E-state index >= 15 is 0 Å². The van der Waals surface area contributed by atoms with Gasteiger partial charge in [-0.25, -0.2) is 0 Å². The van der Waals surface area contributed by atoms with Crippen LogP contribution in [0.4, 0.5) is 5.69 Å². The van der Waals surface area contributed by atoms with E-state index in [4.69, 9.17) is 16.3 Å². The van der Waals surface area contributed by atoms with Crippen LogP contribution in [-0.2, 0) is 11.3 Å². The van der Waals surface area contributed by atoms with Gasteiger partial charge in [-0.15, -0.1) is 0 Å². The first kappa shape index (κ1) is 13.1. The number of fused-ring (bicyclic) bond motifs is 1. The lowest BCUT2D eigenvalue weighted by Gasteiger charge is -2.07. The third-order valence-electron chi connectivity index (χ3n) is 3.02. The minimum atomic E-state index is -0.939. The predicted octanol–water partition coefficient (Wildman–Crippen LogP) is 1.20. The molecule has 1 aliphatic rings. The second kappa shape index (κ2) is 5.24. The molecule has 0 aliphatic carbocycles. The number of carbonyl (C=O) groups is 1. The molecule has 0 unspecified atom stereocenters. The maximum atomic E-state index is 12.0. The third kappa shape index (κ3) is 2.53. The molecule has 2 N–H and O–H groups in total. The fourth-order valence-electron chi connectivity index (χ4n) is 2.02. The predicted molar refractivity (Wildman–Crippen MR) is 76.0 cm³/mol. The van der Waals surface area contributed by atoms with Crippen molar-refractivity contribution in [3.63, 3.8) is 0 Å². The molecule has 0 bridgehead atoms. The Hall–Kier alpha value is -1.89. The maximum Gasteiger partial charge on any atom is 0.491 e. The molecule has 7 heteroatoms. The molecule has 0 atom stereocenters. The fraction of sp³-hybridized carbons (Fsp3) is 0.0769. The van der Waals surface area contributed by atoms with Crippen molar-refractivity contribution in [1.29, 1.82) is 0 Å². The summed E-state index contributed by atoms with van der Waals surface area (Å²) in [7, 11) is -0.939. The zero-order chi connectivity index (χ0) is 14.1. The van der Waals surface area contributed by atoms with E-state index in [1.54, 1.807) is 18.2 Å². The molecule has 2 aromatic rings. The molecule has 5 nitrogen and oxygen atoms in total. The molecule has 0 saturated heterocycles. The average molecular weight is 288 g/mol. The second-order valence-electron chi connectivity index (χ2n) is 4.39. The summed E-state index contributed by atoms with van der Waals surface area (Å²) in [6.07, 6.45) is 1.47. The quantitative estimate of drug-likeness (QED) is 0.815. The number of rotatable bonds is 2. The van der Waals surface area contributed by atoms with Crippen molar-refractivity contribution in [3.05, 3.63) is 52.8 Å². The smallest absolute Gasteiger partial charge is 0.423 e. The molecule has 1 amide bonds. The number of anilines is 1. The Morgan fingerprint density at radius 3 is 3.05 bits per heavy atom. The van der Waals surface area contributed by atoms with Crippen molar-refractivity contribution in [2.45, 2.75) is 6.61 Å². The molecule has 1 aromatic carbocycles. The second-order valence-corrected chi connectivity index (χ2v) is 4.83. The average Bonchev–Trinajstić information content (AvgIpc) is 2.80. The number of benzene rings is 1. The van der Waals surface area contributed by atoms with Crippen LogP contribution in [0.5, 0.6) is 0 Å². The van der Waals surface area contributed by atoms with E-state index in [9.17, 15) is 9.82 Å². The van der Waals surface area contributed by atoms with Crippen molar-refractivity contribution in [3.8, 4) is 0 Å². The summed E-state index contributed by atoms with van der Waals surface area (Å²) in [5, 5.41) is 12.8. The minimum absolute atomic E-state index is 0.231. The number of carbonyl (C=O) groups excluding carboxylic acids is 1. The van der Waals surface area contributed by atoms with Crippen molar-refractivity contribution < 1.29 is 14.5 Å². The number of pyridine rings is 1. The van der Waals surface area contributed by atoms with Gasteiger partial charge >= 0.3 is 7.12 Å². The summed E-state index contributed by atoms with van der Waals surface area (Å²) >= 11 is 5.82. The minimum Gasteiger partial charge on any atom is -0.423 e. The number of amides is 1. The van der Waals surface area contributed by atoms with Gasteiger partial charge in [0.05, 0.1) is 6.61 Å². The summed E-state index contributed by atoms with van der Waals surface area (Å²) in [6, 6.07) is 8.34. The first-order valence-electron chi connectivity index (χ1n) is 5.99. The highest BCUT2D eigenvalue weighted by Crippen LogP contribution is 2.16. The summed E-state index contributed by atoms with van der Waals surface area (Å²) in [5.41, 5.74) is 2.38. The van der Waals surface area contributed by atoms with Crippen LogP contribution in [0.1, 0.15) is 16.1 Å². The number of nitrogens with zero attached hydrogens (tertiary/aromatic N) is 1. The molecule has 1 aliphatic heterocycles. The first-order chi connectivity index (χ1) is 9.63. The van der Waals surface area contributed by atoms with E-state index in [-0.39, 0.29) is 11.6 Å². The van der Waals surface area contributed by atoms with Gasteiger partial charge in [-0.2, -0.15) is 0 Å². The van der Waals surface area contributed by atoms with Crippen LogP contribution >= 0.6 is 11.6 Å². The third-order valence-corrected chi connectivity index (χ3v) is 3.26. The van der Waals surface area contributed by atoms with Crippen LogP contribution in [0.25, 0.3) is 0 Å². The van der Waals surface area contributed by atoms with Gasteiger partial charge in [0, 0.05) is 16.9 Å². The molecule has 1 aromatic heterocycles. The molecule has 0 spiro atoms. The highest BCUT2D eigenvalue weighted by atomic mass is 35.5. The van der Waals surface area contributed by atoms with Crippen LogP contribution in [0.2, 0.25) is 5.02 Å². The molecule has 0 radical (unpaired) electrons. The number of aromatic nitrogens is 1. The lowest BCUT2D eigenvalue weighted by Crippen LogP contribution is -2.28. The molecule has 20 heavy (non-hydrogen) atoms. The van der Waals surface area contributed by atoms with E-state index < -0.39 is 7.12 Å². The Morgan fingerprint density at radius 2 is 2.25 bits per heavy atom. The first-order valence-corrected chi connectivity index (χ1v) is 6.37. The molecular weight excluding hydrogens is 278 g/mol. The largest absolute Gasteiger partial charge is 0.491 e. The molecule has 3 rings (SSSR count). The van der Waals surface area contributed by atoms with E-state index in [2.05, 4.69) is 10.3 Å². The standard InChI is InChI=1S/C13H10BClN2O3/c15-9-3-4-16-12(5-9)13(18)17-10-2-1-8-7-20-14(19)11(8)6-10/h1-6,19H,7H2,(H,17,18). The van der Waals surface area contributed by atoms with Gasteiger partial charge in [0.15, 0.2) is 0 Å². The van der Waals surface area contributed by atoms with Gasteiger partial charge in [0.2, 0.25) is 0 Å². The Labute approximate surface area is 120 Å². The highest BCUT2D eigenvalue weighted by Gasteiger charge is 2.27. The Balaban J connectivity index is 1.82. The van der Waals surface area contributed by atoms with Crippen molar-refractivity contribution in [2.24, 2.45) is 0 Å². The normalized spacial score (nSPS) is 13.2. The van der Waals surface area contributed by atoms with Gasteiger partial charge in [0.1, 0.15) is 5.69 Å². The number of hydrogen-bond acceptors (Lipinski definition) is 4. The lowest BCUT2D eigenvalue weighted by molar-refractivity contribution is 0.102. The fourth-order valence-corrected chi connectivity index (χ4v) is 2.18. The molecule has 0 fully saturated rings. The summed E-state index contributed by atoms with van der Waals surface area (Å²) in [5.74, 6) is -0.360. The lowest BCUT2D eigenvalue weighted by atomic mass is 9.79. The topological polar surface area (TPSA) is 71.5 Å². The van der Waals surface area contributed by atoms with E-state index in [0.717, 1.165) is 5.56 Å². The van der Waals surface area contributed by atoms with Crippen LogP contribution in [0, 0.1) is 0 Å². The van der Waals surface area contributed by atoms with Gasteiger partial charge in [-0.3, -0.25) is 9.78 Å². The van der Waals surface area contributed by atoms with Crippen LogP contribution in [0.3, 0.4) is 0 Å². The number of halogens is 1. The summed E-state index contributed by atoms with van der Waals surface area (Å²) < 4.78 is 5.10. The van der Waals surface area contributed by atoms with Crippen LogP contribution < -0.4 is 10.8 Å². The summed E-state index contributed by atoms with van der Waals surface area (Å²) in [4.78, 5) is 16.0. The van der Waals surface area contributed by atoms with Gasteiger partial charge in [-0.1, -0.05) is 17.7 Å². The summed E-state index contributed by atoms with van der Waals surface area (Å²) in [6.45, 7) is 0.376. The van der Waals surface area contributed by atoms with E-state index in [0.29, 0.717) is 22.8 Å². The van der Waals surface area contributed by atoms with E-state index in [1.807, 2.05) is 6.07 Å². The number of hydrogen-bond donors (Lipinski definition) is 2. The Bertz CT molecular complexity index is 680. The molecule has 0 saturated carbocycles. The molecule has 100 valence electrons. The van der Waals surface area contributed by atoms with Gasteiger partial charge in [0.25, 0.3) is 5.91 Å². The molecular formula is C13H10BClN2O3. The zero-order valence-electron chi connectivity index (χ0n) is 10.3. The van der Waals surface area contributed by atoms with Crippen LogP contribution in [-0.4, -0.2) is 23.0 Å².